The van der Waals surface area contributed by atoms with Gasteiger partial charge < -0.3 is 15.0 Å². The summed E-state index contributed by atoms with van der Waals surface area (Å²) in [4.78, 5) is 14.7. The van der Waals surface area contributed by atoms with Crippen molar-refractivity contribution in [2.24, 2.45) is 5.92 Å². The number of carbonyl (C=O) groups excluding carboxylic acids is 1. The molecule has 114 valence electrons. The first-order valence-corrected chi connectivity index (χ1v) is 7.96. The topological polar surface area (TPSA) is 41.6 Å². The van der Waals surface area contributed by atoms with Gasteiger partial charge in [0.1, 0.15) is 5.75 Å². The first-order valence-electron chi connectivity index (χ1n) is 7.96. The van der Waals surface area contributed by atoms with Crippen molar-refractivity contribution in [1.29, 1.82) is 0 Å². The van der Waals surface area contributed by atoms with Crippen LogP contribution in [-0.4, -0.2) is 43.6 Å². The maximum absolute atomic E-state index is 12.8. The summed E-state index contributed by atoms with van der Waals surface area (Å²) in [6.45, 7) is 2.36. The van der Waals surface area contributed by atoms with E-state index < -0.39 is 0 Å². The number of nitrogens with zero attached hydrogens (tertiary/aromatic N) is 1. The molecule has 1 atom stereocenters. The monoisotopic (exact) mass is 288 g/mol. The van der Waals surface area contributed by atoms with Crippen LogP contribution in [-0.2, 0) is 0 Å². The molecule has 2 aliphatic rings. The molecule has 21 heavy (non-hydrogen) atoms. The van der Waals surface area contributed by atoms with Gasteiger partial charge in [-0.3, -0.25) is 4.79 Å². The van der Waals surface area contributed by atoms with Crippen molar-refractivity contribution in [3.63, 3.8) is 0 Å². The molecule has 4 heteroatoms. The molecule has 1 unspecified atom stereocenters. The first kappa shape index (κ1) is 14.4. The Morgan fingerprint density at radius 3 is 2.90 bits per heavy atom. The fraction of sp³-hybridized carbons (Fsp3) is 0.588. The van der Waals surface area contributed by atoms with Gasteiger partial charge in [0.25, 0.3) is 5.91 Å². The van der Waals surface area contributed by atoms with Crippen LogP contribution in [0.1, 0.15) is 36.0 Å². The van der Waals surface area contributed by atoms with Crippen molar-refractivity contribution in [2.45, 2.75) is 31.7 Å². The smallest absolute Gasteiger partial charge is 0.257 e. The zero-order valence-electron chi connectivity index (χ0n) is 12.7. The summed E-state index contributed by atoms with van der Waals surface area (Å²) in [5, 5.41) is 3.28. The highest BCUT2D eigenvalue weighted by atomic mass is 16.5. The van der Waals surface area contributed by atoms with Crippen LogP contribution in [0.15, 0.2) is 24.3 Å². The summed E-state index contributed by atoms with van der Waals surface area (Å²) < 4.78 is 5.86. The minimum absolute atomic E-state index is 0.0985. The molecule has 0 bridgehead atoms. The Morgan fingerprint density at radius 2 is 2.14 bits per heavy atom. The van der Waals surface area contributed by atoms with Gasteiger partial charge in [0.2, 0.25) is 0 Å². The van der Waals surface area contributed by atoms with Crippen molar-refractivity contribution in [2.75, 3.05) is 26.7 Å². The number of benzene rings is 1. The number of amides is 1. The van der Waals surface area contributed by atoms with Gasteiger partial charge in [-0.1, -0.05) is 12.1 Å². The predicted molar refractivity (Wildman–Crippen MR) is 82.6 cm³/mol. The molecule has 1 saturated carbocycles. The van der Waals surface area contributed by atoms with Crippen LogP contribution in [0.25, 0.3) is 0 Å². The van der Waals surface area contributed by atoms with E-state index in [4.69, 9.17) is 4.74 Å². The minimum Gasteiger partial charge on any atom is -0.492 e. The van der Waals surface area contributed by atoms with E-state index in [1.54, 1.807) is 0 Å². The number of likely N-dealkylation sites (tertiary alicyclic amines) is 1. The lowest BCUT2D eigenvalue weighted by atomic mass is 10.0. The van der Waals surface area contributed by atoms with Gasteiger partial charge in [0, 0.05) is 19.1 Å². The standard InChI is InChI=1S/C17H24N2O2/c1-18-14-5-4-10-19(11-14)17(20)15-6-2-3-7-16(15)21-12-13-8-9-13/h2-3,6-7,13-14,18H,4-5,8-12H2,1H3. The van der Waals surface area contributed by atoms with E-state index in [2.05, 4.69) is 5.32 Å². The van der Waals surface area contributed by atoms with E-state index in [-0.39, 0.29) is 5.91 Å². The summed E-state index contributed by atoms with van der Waals surface area (Å²) in [5.74, 6) is 1.53. The second-order valence-corrected chi connectivity index (χ2v) is 6.13. The third-order valence-electron chi connectivity index (χ3n) is 4.41. The SMILES string of the molecule is CNC1CCCN(C(=O)c2ccccc2OCC2CC2)C1. The zero-order chi connectivity index (χ0) is 14.7. The molecule has 1 heterocycles. The molecule has 3 rings (SSSR count). The normalized spacial score (nSPS) is 22.1. The number of ether oxygens (including phenoxy) is 1. The van der Waals surface area contributed by atoms with Crippen LogP contribution in [0.5, 0.6) is 5.75 Å². The Hall–Kier alpha value is -1.55. The molecule has 0 radical (unpaired) electrons. The molecule has 1 aromatic carbocycles. The summed E-state index contributed by atoms with van der Waals surface area (Å²) in [6.07, 6.45) is 4.71. The van der Waals surface area contributed by atoms with E-state index in [9.17, 15) is 4.79 Å². The second-order valence-electron chi connectivity index (χ2n) is 6.13. The molecule has 1 aliphatic heterocycles. The fourth-order valence-electron chi connectivity index (χ4n) is 2.83. The Balaban J connectivity index is 1.70. The molecular weight excluding hydrogens is 264 g/mol. The molecular formula is C17H24N2O2. The third kappa shape index (κ3) is 3.56. The van der Waals surface area contributed by atoms with Gasteiger partial charge >= 0.3 is 0 Å². The Bertz CT molecular complexity index is 499. The average molecular weight is 288 g/mol. The van der Waals surface area contributed by atoms with E-state index in [0.29, 0.717) is 17.5 Å². The molecule has 4 nitrogen and oxygen atoms in total. The third-order valence-corrected chi connectivity index (χ3v) is 4.41. The van der Waals surface area contributed by atoms with Crippen molar-refractivity contribution in [3.05, 3.63) is 29.8 Å². The quantitative estimate of drug-likeness (QED) is 0.904. The van der Waals surface area contributed by atoms with Gasteiger partial charge in [0.15, 0.2) is 0 Å². The highest BCUT2D eigenvalue weighted by Gasteiger charge is 2.26. The lowest BCUT2D eigenvalue weighted by Gasteiger charge is -2.33. The molecule has 0 aromatic heterocycles. The molecule has 1 aliphatic carbocycles. The van der Waals surface area contributed by atoms with Crippen LogP contribution in [0.2, 0.25) is 0 Å². The van der Waals surface area contributed by atoms with E-state index in [1.807, 2.05) is 36.2 Å². The lowest BCUT2D eigenvalue weighted by molar-refractivity contribution is 0.0693. The van der Waals surface area contributed by atoms with Crippen LogP contribution >= 0.6 is 0 Å². The molecule has 1 amide bonds. The van der Waals surface area contributed by atoms with Crippen LogP contribution in [0, 0.1) is 5.92 Å². The highest BCUT2D eigenvalue weighted by Crippen LogP contribution is 2.30. The van der Waals surface area contributed by atoms with Crippen LogP contribution in [0.3, 0.4) is 0 Å². The van der Waals surface area contributed by atoms with Crippen molar-refractivity contribution in [1.82, 2.24) is 10.2 Å². The largest absolute Gasteiger partial charge is 0.492 e. The fourth-order valence-corrected chi connectivity index (χ4v) is 2.83. The number of para-hydroxylation sites is 1. The van der Waals surface area contributed by atoms with Crippen LogP contribution < -0.4 is 10.1 Å². The Morgan fingerprint density at radius 1 is 1.33 bits per heavy atom. The lowest BCUT2D eigenvalue weighted by Crippen LogP contribution is -2.47. The summed E-state index contributed by atoms with van der Waals surface area (Å²) in [7, 11) is 1.96. The maximum atomic E-state index is 12.8. The van der Waals surface area contributed by atoms with Crippen molar-refractivity contribution < 1.29 is 9.53 Å². The molecule has 2 fully saturated rings. The predicted octanol–water partition coefficient (Wildman–Crippen LogP) is 2.30. The summed E-state index contributed by atoms with van der Waals surface area (Å²) in [5.41, 5.74) is 0.704. The van der Waals surface area contributed by atoms with E-state index >= 15 is 0 Å². The van der Waals surface area contributed by atoms with Crippen LogP contribution in [0.4, 0.5) is 0 Å². The second kappa shape index (κ2) is 6.48. The molecule has 1 aromatic rings. The number of hydrogen-bond acceptors (Lipinski definition) is 3. The Kier molecular flexibility index (Phi) is 4.44. The number of carbonyl (C=O) groups is 1. The van der Waals surface area contributed by atoms with Gasteiger partial charge in [-0.2, -0.15) is 0 Å². The Labute approximate surface area is 126 Å². The summed E-state index contributed by atoms with van der Waals surface area (Å²) in [6, 6.07) is 8.05. The van der Waals surface area contributed by atoms with Gasteiger partial charge in [-0.15, -0.1) is 0 Å². The molecule has 1 saturated heterocycles. The molecule has 0 spiro atoms. The van der Waals surface area contributed by atoms with Crippen molar-refractivity contribution >= 4 is 5.91 Å². The number of likely N-dealkylation sites (N-methyl/N-ethyl adjacent to an activating group) is 1. The number of nitrogens with one attached hydrogen (secondary N) is 1. The van der Waals surface area contributed by atoms with Gasteiger partial charge in [-0.05, 0) is 50.8 Å². The number of rotatable bonds is 5. The van der Waals surface area contributed by atoms with E-state index in [1.165, 1.54) is 12.8 Å². The average Bonchev–Trinajstić information content (AvgIpc) is 3.37. The van der Waals surface area contributed by atoms with Gasteiger partial charge in [0.05, 0.1) is 12.2 Å². The summed E-state index contributed by atoms with van der Waals surface area (Å²) >= 11 is 0. The van der Waals surface area contributed by atoms with E-state index in [0.717, 1.165) is 38.3 Å². The first-order chi connectivity index (χ1) is 10.3. The van der Waals surface area contributed by atoms with Gasteiger partial charge in [-0.25, -0.2) is 0 Å². The zero-order valence-corrected chi connectivity index (χ0v) is 12.7. The van der Waals surface area contributed by atoms with Crippen molar-refractivity contribution in [3.8, 4) is 5.75 Å². The number of piperidine rings is 1. The molecule has 1 N–H and O–H groups in total. The highest BCUT2D eigenvalue weighted by molar-refractivity contribution is 5.97. The number of hydrogen-bond donors (Lipinski definition) is 1. The maximum Gasteiger partial charge on any atom is 0.257 e. The minimum atomic E-state index is 0.0985.